The van der Waals surface area contributed by atoms with Crippen molar-refractivity contribution in [2.75, 3.05) is 13.1 Å². The summed E-state index contributed by atoms with van der Waals surface area (Å²) >= 11 is 0. The molecule has 0 aliphatic carbocycles. The van der Waals surface area contributed by atoms with Gasteiger partial charge in [-0.25, -0.2) is 0 Å². The first-order chi connectivity index (χ1) is 6.54. The molecule has 10 nitrogen and oxygen atoms in total. The first-order valence-electron chi connectivity index (χ1n) is 3.10. The van der Waals surface area contributed by atoms with Crippen LogP contribution in [0.2, 0.25) is 0 Å². The van der Waals surface area contributed by atoms with Crippen LogP contribution in [0.5, 0.6) is 0 Å². The van der Waals surface area contributed by atoms with Crippen LogP contribution in [0.3, 0.4) is 0 Å². The summed E-state index contributed by atoms with van der Waals surface area (Å²) in [6, 6.07) is 0. The van der Waals surface area contributed by atoms with Crippen molar-refractivity contribution in [3.05, 3.63) is 11.5 Å². The molecule has 0 spiro atoms. The van der Waals surface area contributed by atoms with Crippen LogP contribution in [0.25, 0.3) is 11.5 Å². The van der Waals surface area contributed by atoms with Gasteiger partial charge in [0.25, 0.3) is 0 Å². The predicted molar refractivity (Wildman–Crippen MR) is 50.9 cm³/mol. The van der Waals surface area contributed by atoms with Crippen LogP contribution >= 0.6 is 0 Å². The summed E-state index contributed by atoms with van der Waals surface area (Å²) in [4.78, 5) is 18.8. The number of carbonyl (C=O) groups is 2. The summed E-state index contributed by atoms with van der Waals surface area (Å²) in [5.74, 6) is -1.16. The molecule has 0 saturated heterocycles. The van der Waals surface area contributed by atoms with E-state index in [0.717, 1.165) is 0 Å². The molecule has 0 aliphatic rings. The van der Waals surface area contributed by atoms with E-state index in [2.05, 4.69) is 11.5 Å². The molecule has 100 valence electrons. The van der Waals surface area contributed by atoms with E-state index in [-0.39, 0.29) is 29.6 Å². The summed E-state index contributed by atoms with van der Waals surface area (Å²) in [7, 11) is -4.67. The summed E-state index contributed by atoms with van der Waals surface area (Å²) in [5.41, 5.74) is 21.3. The minimum absolute atomic E-state index is 0. The van der Waals surface area contributed by atoms with Crippen LogP contribution in [0.4, 0.5) is 0 Å². The second-order valence-electron chi connectivity index (χ2n) is 1.73. The third-order valence-electron chi connectivity index (χ3n) is 0.348. The van der Waals surface area contributed by atoms with Gasteiger partial charge in [0.05, 0.1) is 0 Å². The van der Waals surface area contributed by atoms with Crippen molar-refractivity contribution >= 4 is 22.2 Å². The van der Waals surface area contributed by atoms with E-state index in [4.69, 9.17) is 29.0 Å². The van der Waals surface area contributed by atoms with Crippen LogP contribution in [0.1, 0.15) is 0 Å². The maximum absolute atomic E-state index is 9.40. The molecule has 0 radical (unpaired) electrons. The molecular weight excluding hydrogens is 291 g/mol. The van der Waals surface area contributed by atoms with Crippen molar-refractivity contribution in [2.24, 2.45) is 11.5 Å². The number of carbonyl (C=O) groups excluding carboxylic acids is 2. The fraction of sp³-hybridized carbons (Fsp3) is 0.500. The number of rotatable bonds is 2. The minimum atomic E-state index is -4.67. The molecule has 0 heterocycles. The minimum Gasteiger partial charge on any atom is -0.670 e. The number of nitrogens with two attached hydrogens (primary N) is 2. The van der Waals surface area contributed by atoms with Crippen molar-refractivity contribution in [2.45, 2.75) is 0 Å². The largest absolute Gasteiger partial charge is 2.00 e. The molecule has 8 N–H and O–H groups in total. The Morgan fingerprint density at radius 3 is 1.06 bits per heavy atom. The molecule has 0 aromatic rings. The van der Waals surface area contributed by atoms with Gasteiger partial charge in [0.1, 0.15) is 0 Å². The topological polar surface area (TPSA) is 208 Å². The smallest absolute Gasteiger partial charge is 0.670 e. The van der Waals surface area contributed by atoms with E-state index in [9.17, 15) is 9.59 Å². The Morgan fingerprint density at radius 1 is 1.00 bits per heavy atom. The number of nitrogens with one attached hydrogen (secondary N) is 2. The molecule has 0 bridgehead atoms. The molecule has 0 rings (SSSR count). The number of hydrogen-bond donors (Lipinski definition) is 4. The Bertz CT molecular complexity index is 258. The van der Waals surface area contributed by atoms with Crippen molar-refractivity contribution in [3.8, 4) is 0 Å². The SMILES string of the molecule is O=S(=O)(O)O.[NH-]CC(N)=O.[NH-]CC(N)=O.[Ni+2]. The zero-order valence-corrected chi connectivity index (χ0v) is 9.62. The Labute approximate surface area is 102 Å². The third-order valence-corrected chi connectivity index (χ3v) is 0.348. The fourth-order valence-electron chi connectivity index (χ4n) is 0. The fourth-order valence-corrected chi connectivity index (χ4v) is 0. The normalized spacial score (nSPS) is 8.25. The molecule has 0 saturated carbocycles. The van der Waals surface area contributed by atoms with Gasteiger partial charge in [0, 0.05) is 0 Å². The summed E-state index contributed by atoms with van der Waals surface area (Å²) in [5, 5.41) is 0. The molecule has 0 unspecified atom stereocenters. The van der Waals surface area contributed by atoms with Crippen molar-refractivity contribution < 1.29 is 43.6 Å². The van der Waals surface area contributed by atoms with Gasteiger partial charge >= 0.3 is 26.9 Å². The van der Waals surface area contributed by atoms with E-state index < -0.39 is 22.2 Å². The molecule has 0 atom stereocenters. The van der Waals surface area contributed by atoms with E-state index >= 15 is 0 Å². The summed E-state index contributed by atoms with van der Waals surface area (Å²) < 4.78 is 31.6. The number of primary amides is 2. The van der Waals surface area contributed by atoms with Crippen molar-refractivity contribution in [1.29, 1.82) is 0 Å². The summed E-state index contributed by atoms with van der Waals surface area (Å²) in [6.07, 6.45) is 0. The van der Waals surface area contributed by atoms with Gasteiger partial charge < -0.3 is 22.9 Å². The van der Waals surface area contributed by atoms with Crippen LogP contribution in [0, 0.1) is 0 Å². The first kappa shape index (κ1) is 24.4. The van der Waals surface area contributed by atoms with Crippen LogP contribution in [-0.2, 0) is 36.5 Å². The van der Waals surface area contributed by atoms with Crippen molar-refractivity contribution in [3.63, 3.8) is 0 Å². The average Bonchev–Trinajstić information content (AvgIpc) is 2.02. The number of amides is 2. The van der Waals surface area contributed by atoms with E-state index in [0.29, 0.717) is 0 Å². The maximum atomic E-state index is 9.40. The second kappa shape index (κ2) is 14.2. The zero-order valence-electron chi connectivity index (χ0n) is 7.82. The van der Waals surface area contributed by atoms with E-state index in [1.165, 1.54) is 0 Å². The molecule has 0 fully saturated rings. The van der Waals surface area contributed by atoms with Crippen LogP contribution < -0.4 is 11.5 Å². The molecule has 0 aromatic carbocycles. The van der Waals surface area contributed by atoms with Gasteiger partial charge in [0.15, 0.2) is 11.8 Å². The van der Waals surface area contributed by atoms with Gasteiger partial charge in [-0.1, -0.05) is 13.1 Å². The third kappa shape index (κ3) is 190. The van der Waals surface area contributed by atoms with Gasteiger partial charge in [-0.3, -0.25) is 18.7 Å². The van der Waals surface area contributed by atoms with E-state index in [1.807, 2.05) is 0 Å². The van der Waals surface area contributed by atoms with Gasteiger partial charge in [-0.05, 0) is 0 Å². The monoisotopic (exact) mass is 302 g/mol. The predicted octanol–water partition coefficient (Wildman–Crippen LogP) is -1.61. The second-order valence-corrected chi connectivity index (χ2v) is 2.63. The summed E-state index contributed by atoms with van der Waals surface area (Å²) in [6.45, 7) is -0.611. The first-order valence-corrected chi connectivity index (χ1v) is 4.50. The van der Waals surface area contributed by atoms with Gasteiger partial charge in [-0.15, -0.1) is 0 Å². The Morgan fingerprint density at radius 2 is 1.06 bits per heavy atom. The Balaban J connectivity index is -0.0000000655. The van der Waals surface area contributed by atoms with E-state index in [1.54, 1.807) is 0 Å². The molecular formula is C4H12N4NiO6S. The molecule has 0 aliphatic heterocycles. The quantitative estimate of drug-likeness (QED) is 0.348. The zero-order chi connectivity index (χ0) is 13.1. The van der Waals surface area contributed by atoms with Crippen molar-refractivity contribution in [1.82, 2.24) is 0 Å². The molecule has 16 heavy (non-hydrogen) atoms. The average molecular weight is 303 g/mol. The maximum Gasteiger partial charge on any atom is 2.00 e. The Kier molecular flexibility index (Phi) is 21.7. The van der Waals surface area contributed by atoms with Crippen LogP contribution in [-0.4, -0.2) is 42.4 Å². The molecule has 12 heteroatoms. The Hall–Kier alpha value is -0.776. The molecule has 2 amide bonds. The van der Waals surface area contributed by atoms with Gasteiger partial charge in [0.2, 0.25) is 0 Å². The molecule has 0 aromatic heterocycles. The van der Waals surface area contributed by atoms with Gasteiger partial charge in [-0.2, -0.15) is 8.42 Å². The standard InChI is InChI=1S/2C2H5N2O.Ni.H2O4S/c2*3-1-2(4)5;;1-5(2,3)4/h2*3H,1H2,(H2,4,5);;(H2,1,2,3,4)/q2*-1;+2;. The van der Waals surface area contributed by atoms with Crippen LogP contribution in [0.15, 0.2) is 0 Å². The number of hydrogen-bond acceptors (Lipinski definition) is 4.